The summed E-state index contributed by atoms with van der Waals surface area (Å²) in [5, 5.41) is 6.48. The zero-order chi connectivity index (χ0) is 17.1. The summed E-state index contributed by atoms with van der Waals surface area (Å²) in [4.78, 5) is 37.7. The van der Waals surface area contributed by atoms with Crippen LogP contribution in [-0.4, -0.2) is 41.0 Å². The Hall–Kier alpha value is -2.81. The summed E-state index contributed by atoms with van der Waals surface area (Å²) in [5.74, 6) is -1.65. The van der Waals surface area contributed by atoms with Gasteiger partial charge in [-0.25, -0.2) is 4.79 Å². The Bertz CT molecular complexity index is 777. The fourth-order valence-electron chi connectivity index (χ4n) is 2.46. The van der Waals surface area contributed by atoms with Crippen molar-refractivity contribution in [3.05, 3.63) is 36.0 Å². The van der Waals surface area contributed by atoms with Gasteiger partial charge in [-0.3, -0.25) is 9.59 Å². The van der Waals surface area contributed by atoms with Gasteiger partial charge in [0.2, 0.25) is 17.5 Å². The molecule has 1 aromatic carbocycles. The van der Waals surface area contributed by atoms with Crippen LogP contribution < -0.4 is 10.2 Å². The zero-order valence-corrected chi connectivity index (χ0v) is 13.6. The SMILES string of the molecule is COC(=O)c1nnsc1NC(=O)[C@@H]1CC(=O)N(c2ccccc2)C1. The monoisotopic (exact) mass is 346 g/mol. The second kappa shape index (κ2) is 6.75. The Morgan fingerprint density at radius 1 is 1.33 bits per heavy atom. The molecule has 1 atom stereocenters. The van der Waals surface area contributed by atoms with Gasteiger partial charge >= 0.3 is 5.97 Å². The Labute approximate surface area is 141 Å². The minimum atomic E-state index is -0.674. The van der Waals surface area contributed by atoms with E-state index in [4.69, 9.17) is 0 Å². The molecule has 2 amide bonds. The number of para-hydroxylation sites is 1. The predicted molar refractivity (Wildman–Crippen MR) is 86.8 cm³/mol. The van der Waals surface area contributed by atoms with Gasteiger partial charge in [0.25, 0.3) is 0 Å². The number of nitrogens with zero attached hydrogens (tertiary/aromatic N) is 3. The highest BCUT2D eigenvalue weighted by Crippen LogP contribution is 2.27. The van der Waals surface area contributed by atoms with E-state index in [1.165, 1.54) is 7.11 Å². The summed E-state index contributed by atoms with van der Waals surface area (Å²) in [7, 11) is 1.22. The molecule has 0 aliphatic carbocycles. The first-order valence-electron chi connectivity index (χ1n) is 7.17. The zero-order valence-electron chi connectivity index (χ0n) is 12.8. The van der Waals surface area contributed by atoms with E-state index in [1.54, 1.807) is 4.90 Å². The Morgan fingerprint density at radius 3 is 2.79 bits per heavy atom. The van der Waals surface area contributed by atoms with Crippen LogP contribution >= 0.6 is 11.5 Å². The second-order valence-corrected chi connectivity index (χ2v) is 5.93. The largest absolute Gasteiger partial charge is 0.464 e. The topological polar surface area (TPSA) is 101 Å². The number of nitrogens with one attached hydrogen (secondary N) is 1. The number of esters is 1. The van der Waals surface area contributed by atoms with E-state index in [0.29, 0.717) is 0 Å². The van der Waals surface area contributed by atoms with Crippen LogP contribution in [0.2, 0.25) is 0 Å². The molecule has 9 heteroatoms. The third-order valence-electron chi connectivity index (χ3n) is 3.67. The van der Waals surface area contributed by atoms with Crippen LogP contribution in [0.25, 0.3) is 0 Å². The van der Waals surface area contributed by atoms with Gasteiger partial charge in [0.15, 0.2) is 5.00 Å². The van der Waals surface area contributed by atoms with E-state index in [9.17, 15) is 14.4 Å². The van der Waals surface area contributed by atoms with Crippen LogP contribution in [0.1, 0.15) is 16.9 Å². The maximum absolute atomic E-state index is 12.4. The normalized spacial score (nSPS) is 17.0. The van der Waals surface area contributed by atoms with Crippen molar-refractivity contribution in [2.45, 2.75) is 6.42 Å². The van der Waals surface area contributed by atoms with Crippen LogP contribution in [0.5, 0.6) is 0 Å². The van der Waals surface area contributed by atoms with Crippen LogP contribution in [0.4, 0.5) is 10.7 Å². The molecule has 8 nitrogen and oxygen atoms in total. The highest BCUT2D eigenvalue weighted by Gasteiger charge is 2.35. The summed E-state index contributed by atoms with van der Waals surface area (Å²) >= 11 is 0.886. The molecule has 1 aliphatic heterocycles. The number of rotatable bonds is 4. The van der Waals surface area contributed by atoms with Crippen LogP contribution in [0.3, 0.4) is 0 Å². The van der Waals surface area contributed by atoms with Crippen LogP contribution in [0, 0.1) is 5.92 Å². The Kier molecular flexibility index (Phi) is 4.52. The van der Waals surface area contributed by atoms with Gasteiger partial charge in [-0.1, -0.05) is 22.7 Å². The number of hydrogen-bond donors (Lipinski definition) is 1. The summed E-state index contributed by atoms with van der Waals surface area (Å²) in [6, 6.07) is 9.17. The van der Waals surface area contributed by atoms with Crippen molar-refractivity contribution in [3.63, 3.8) is 0 Å². The molecule has 1 N–H and O–H groups in total. The number of carbonyl (C=O) groups excluding carboxylic acids is 3. The second-order valence-electron chi connectivity index (χ2n) is 5.17. The number of hydrogen-bond acceptors (Lipinski definition) is 7. The first kappa shape index (κ1) is 16.1. The van der Waals surface area contributed by atoms with Crippen molar-refractivity contribution in [2.75, 3.05) is 23.9 Å². The van der Waals surface area contributed by atoms with E-state index < -0.39 is 11.9 Å². The average molecular weight is 346 g/mol. The average Bonchev–Trinajstić information content (AvgIpc) is 3.21. The van der Waals surface area contributed by atoms with E-state index in [0.717, 1.165) is 17.2 Å². The van der Waals surface area contributed by atoms with Gasteiger partial charge in [-0.05, 0) is 12.1 Å². The molecule has 1 aromatic heterocycles. The molecular weight excluding hydrogens is 332 g/mol. The predicted octanol–water partition coefficient (Wildman–Crippen LogP) is 1.32. The van der Waals surface area contributed by atoms with Crippen LogP contribution in [0.15, 0.2) is 30.3 Å². The van der Waals surface area contributed by atoms with Gasteiger partial charge in [-0.15, -0.1) is 5.10 Å². The smallest absolute Gasteiger partial charge is 0.361 e. The van der Waals surface area contributed by atoms with E-state index in [2.05, 4.69) is 19.6 Å². The molecule has 3 rings (SSSR count). The molecule has 1 aliphatic rings. The van der Waals surface area contributed by atoms with Crippen molar-refractivity contribution < 1.29 is 19.1 Å². The van der Waals surface area contributed by atoms with Crippen LogP contribution in [-0.2, 0) is 14.3 Å². The van der Waals surface area contributed by atoms with Gasteiger partial charge < -0.3 is 15.0 Å². The van der Waals surface area contributed by atoms with Crippen molar-refractivity contribution >= 4 is 40.0 Å². The third kappa shape index (κ3) is 3.11. The van der Waals surface area contributed by atoms with Crippen molar-refractivity contribution in [1.29, 1.82) is 0 Å². The lowest BCUT2D eigenvalue weighted by Gasteiger charge is -2.16. The molecule has 2 aromatic rings. The standard InChI is InChI=1S/C15H14N4O4S/c1-23-15(22)12-14(24-18-17-12)16-13(21)9-7-11(20)19(8-9)10-5-3-2-4-6-10/h2-6,9H,7-8H2,1H3,(H,16,21)/t9-/m1/s1. The highest BCUT2D eigenvalue weighted by atomic mass is 32.1. The van der Waals surface area contributed by atoms with Gasteiger partial charge in [0, 0.05) is 30.2 Å². The molecular formula is C15H14N4O4S. The number of methoxy groups -OCH3 is 1. The highest BCUT2D eigenvalue weighted by molar-refractivity contribution is 7.10. The molecule has 0 radical (unpaired) electrons. The maximum Gasteiger partial charge on any atom is 0.361 e. The lowest BCUT2D eigenvalue weighted by Crippen LogP contribution is -2.28. The number of ether oxygens (including phenoxy) is 1. The van der Waals surface area contributed by atoms with Crippen molar-refractivity contribution in [1.82, 2.24) is 9.59 Å². The number of benzene rings is 1. The molecule has 0 bridgehead atoms. The number of aromatic nitrogens is 2. The van der Waals surface area contributed by atoms with E-state index in [1.807, 2.05) is 30.3 Å². The van der Waals surface area contributed by atoms with Crippen molar-refractivity contribution in [2.24, 2.45) is 5.92 Å². The summed E-state index contributed by atoms with van der Waals surface area (Å²) in [6.07, 6.45) is 0.112. The Morgan fingerprint density at radius 2 is 2.08 bits per heavy atom. The number of anilines is 2. The molecule has 1 fully saturated rings. The fourth-order valence-corrected chi connectivity index (χ4v) is 3.02. The fraction of sp³-hybridized carbons (Fsp3) is 0.267. The maximum atomic E-state index is 12.4. The molecule has 124 valence electrons. The minimum Gasteiger partial charge on any atom is -0.464 e. The van der Waals surface area contributed by atoms with Crippen molar-refractivity contribution in [3.8, 4) is 0 Å². The molecule has 0 saturated carbocycles. The van der Waals surface area contributed by atoms with Gasteiger partial charge in [0.1, 0.15) is 0 Å². The number of amides is 2. The van der Waals surface area contributed by atoms with Gasteiger partial charge in [-0.2, -0.15) is 0 Å². The first-order chi connectivity index (χ1) is 11.6. The van der Waals surface area contributed by atoms with E-state index >= 15 is 0 Å². The molecule has 0 spiro atoms. The molecule has 24 heavy (non-hydrogen) atoms. The lowest BCUT2D eigenvalue weighted by molar-refractivity contribution is -0.122. The summed E-state index contributed by atoms with van der Waals surface area (Å²) in [6.45, 7) is 0.286. The summed E-state index contributed by atoms with van der Waals surface area (Å²) < 4.78 is 8.23. The molecule has 0 unspecified atom stereocenters. The van der Waals surface area contributed by atoms with E-state index in [-0.39, 0.29) is 35.5 Å². The third-order valence-corrected chi connectivity index (χ3v) is 4.31. The quantitative estimate of drug-likeness (QED) is 0.838. The molecule has 2 heterocycles. The minimum absolute atomic E-state index is 0.0416. The number of carbonyl (C=O) groups is 3. The van der Waals surface area contributed by atoms with Gasteiger partial charge in [0.05, 0.1) is 13.0 Å². The lowest BCUT2D eigenvalue weighted by atomic mass is 10.1. The first-order valence-corrected chi connectivity index (χ1v) is 7.94. The Balaban J connectivity index is 1.70. The summed E-state index contributed by atoms with van der Waals surface area (Å²) in [5.41, 5.74) is 0.715. The molecule has 1 saturated heterocycles.